The molecule has 1 saturated heterocycles. The van der Waals surface area contributed by atoms with Gasteiger partial charge in [-0.3, -0.25) is 4.79 Å². The van der Waals surface area contributed by atoms with Gasteiger partial charge in [0.15, 0.2) is 0 Å². The lowest BCUT2D eigenvalue weighted by Crippen LogP contribution is -2.50. The summed E-state index contributed by atoms with van der Waals surface area (Å²) in [5, 5.41) is 0. The van der Waals surface area contributed by atoms with Gasteiger partial charge in [-0.05, 0) is 31.2 Å². The second-order valence-corrected chi connectivity index (χ2v) is 6.96. The Morgan fingerprint density at radius 1 is 1.00 bits per heavy atom. The Hall–Kier alpha value is -3.55. The summed E-state index contributed by atoms with van der Waals surface area (Å²) < 4.78 is 12.9. The normalized spacial score (nSPS) is 14.0. The summed E-state index contributed by atoms with van der Waals surface area (Å²) in [6.07, 6.45) is 3.51. The standard InChI is InChI=1S/C22H24N4O4/c1-2-29-22(28)25-13-11-24(12-14-25)21(27)18-7-3-4-8-19(18)30-16-17-15-26-10-6-5-9-20(26)23-17/h3-10,15H,2,11-14,16H2,1H3. The number of piperazine rings is 1. The van der Waals surface area contributed by atoms with Crippen molar-refractivity contribution in [3.8, 4) is 5.75 Å². The number of fused-ring (bicyclic) bond motifs is 1. The van der Waals surface area contributed by atoms with E-state index in [1.165, 1.54) is 0 Å². The molecular formula is C22H24N4O4. The van der Waals surface area contributed by atoms with E-state index in [1.54, 1.807) is 28.9 Å². The first-order valence-electron chi connectivity index (χ1n) is 10.0. The van der Waals surface area contributed by atoms with Gasteiger partial charge >= 0.3 is 6.09 Å². The molecule has 1 aromatic carbocycles. The zero-order valence-electron chi connectivity index (χ0n) is 16.9. The Bertz CT molecular complexity index is 1010. The molecule has 2 amide bonds. The van der Waals surface area contributed by atoms with E-state index in [0.717, 1.165) is 11.3 Å². The van der Waals surface area contributed by atoms with Crippen LogP contribution in [0.25, 0.3) is 5.65 Å². The van der Waals surface area contributed by atoms with Crippen LogP contribution in [0.4, 0.5) is 4.79 Å². The molecule has 30 heavy (non-hydrogen) atoms. The maximum Gasteiger partial charge on any atom is 0.409 e. The molecule has 0 atom stereocenters. The van der Waals surface area contributed by atoms with E-state index >= 15 is 0 Å². The fraction of sp³-hybridized carbons (Fsp3) is 0.318. The maximum atomic E-state index is 13.1. The van der Waals surface area contributed by atoms with E-state index in [1.807, 2.05) is 47.1 Å². The summed E-state index contributed by atoms with van der Waals surface area (Å²) in [5.74, 6) is 0.413. The minimum atomic E-state index is -0.333. The Labute approximate surface area is 174 Å². The number of hydrogen-bond donors (Lipinski definition) is 0. The Kier molecular flexibility index (Phi) is 5.83. The van der Waals surface area contributed by atoms with Crippen LogP contribution in [0, 0.1) is 0 Å². The van der Waals surface area contributed by atoms with E-state index in [4.69, 9.17) is 9.47 Å². The minimum Gasteiger partial charge on any atom is -0.486 e. The van der Waals surface area contributed by atoms with Gasteiger partial charge in [0.2, 0.25) is 0 Å². The van der Waals surface area contributed by atoms with Gasteiger partial charge in [-0.2, -0.15) is 0 Å². The minimum absolute atomic E-state index is 0.107. The van der Waals surface area contributed by atoms with Gasteiger partial charge in [-0.15, -0.1) is 0 Å². The first-order chi connectivity index (χ1) is 14.7. The number of imidazole rings is 1. The summed E-state index contributed by atoms with van der Waals surface area (Å²) in [4.78, 5) is 32.8. The lowest BCUT2D eigenvalue weighted by Gasteiger charge is -2.34. The summed E-state index contributed by atoms with van der Waals surface area (Å²) in [7, 11) is 0. The van der Waals surface area contributed by atoms with Crippen LogP contribution in [0.3, 0.4) is 0 Å². The van der Waals surface area contributed by atoms with Gasteiger partial charge in [0.25, 0.3) is 5.91 Å². The molecule has 156 valence electrons. The van der Waals surface area contributed by atoms with Gasteiger partial charge < -0.3 is 23.7 Å². The second kappa shape index (κ2) is 8.86. The number of rotatable bonds is 5. The molecular weight excluding hydrogens is 384 g/mol. The third kappa shape index (κ3) is 4.22. The van der Waals surface area contributed by atoms with Gasteiger partial charge in [-0.1, -0.05) is 18.2 Å². The van der Waals surface area contributed by atoms with Crippen LogP contribution in [0.2, 0.25) is 0 Å². The topological polar surface area (TPSA) is 76.4 Å². The zero-order valence-corrected chi connectivity index (χ0v) is 16.9. The average molecular weight is 408 g/mol. The number of aromatic nitrogens is 2. The van der Waals surface area contributed by atoms with Crippen LogP contribution in [0.5, 0.6) is 5.75 Å². The monoisotopic (exact) mass is 408 g/mol. The van der Waals surface area contributed by atoms with Crippen molar-refractivity contribution in [1.82, 2.24) is 19.2 Å². The molecule has 1 fully saturated rings. The first kappa shape index (κ1) is 19.8. The zero-order chi connectivity index (χ0) is 20.9. The highest BCUT2D eigenvalue weighted by Crippen LogP contribution is 2.22. The molecule has 0 unspecified atom stereocenters. The number of pyridine rings is 1. The predicted molar refractivity (Wildman–Crippen MR) is 110 cm³/mol. The molecule has 0 radical (unpaired) electrons. The summed E-state index contributed by atoms with van der Waals surface area (Å²) in [6.45, 7) is 4.21. The lowest BCUT2D eigenvalue weighted by molar-refractivity contribution is 0.0567. The first-order valence-corrected chi connectivity index (χ1v) is 10.0. The van der Waals surface area contributed by atoms with E-state index in [-0.39, 0.29) is 18.6 Å². The molecule has 0 bridgehead atoms. The molecule has 8 heteroatoms. The second-order valence-electron chi connectivity index (χ2n) is 6.96. The summed E-state index contributed by atoms with van der Waals surface area (Å²) in [5.41, 5.74) is 2.14. The highest BCUT2D eigenvalue weighted by molar-refractivity contribution is 5.97. The molecule has 0 aliphatic carbocycles. The van der Waals surface area contributed by atoms with Crippen molar-refractivity contribution in [3.05, 3.63) is 66.1 Å². The van der Waals surface area contributed by atoms with E-state index in [9.17, 15) is 9.59 Å². The van der Waals surface area contributed by atoms with Gasteiger partial charge in [0.05, 0.1) is 17.9 Å². The molecule has 2 aromatic heterocycles. The van der Waals surface area contributed by atoms with Gasteiger partial charge in [0.1, 0.15) is 18.0 Å². The van der Waals surface area contributed by atoms with E-state index < -0.39 is 0 Å². The number of amides is 2. The van der Waals surface area contributed by atoms with Crippen molar-refractivity contribution in [2.45, 2.75) is 13.5 Å². The van der Waals surface area contributed by atoms with E-state index in [2.05, 4.69) is 4.98 Å². The number of carbonyl (C=O) groups is 2. The van der Waals surface area contributed by atoms with Crippen molar-refractivity contribution in [2.75, 3.05) is 32.8 Å². The molecule has 1 aliphatic heterocycles. The van der Waals surface area contributed by atoms with Crippen LogP contribution in [-0.4, -0.2) is 64.0 Å². The predicted octanol–water partition coefficient (Wildman–Crippen LogP) is 2.83. The number of hydrogen-bond acceptors (Lipinski definition) is 5. The third-order valence-electron chi connectivity index (χ3n) is 5.00. The fourth-order valence-corrected chi connectivity index (χ4v) is 3.45. The molecule has 3 heterocycles. The average Bonchev–Trinajstić information content (AvgIpc) is 3.21. The van der Waals surface area contributed by atoms with Crippen molar-refractivity contribution in [3.63, 3.8) is 0 Å². The number of ether oxygens (including phenoxy) is 2. The highest BCUT2D eigenvalue weighted by atomic mass is 16.6. The van der Waals surface area contributed by atoms with Crippen LogP contribution >= 0.6 is 0 Å². The SMILES string of the molecule is CCOC(=O)N1CCN(C(=O)c2ccccc2OCc2cn3ccccc3n2)CC1. The maximum absolute atomic E-state index is 13.1. The molecule has 1 aliphatic rings. The molecule has 8 nitrogen and oxygen atoms in total. The number of carbonyl (C=O) groups excluding carboxylic acids is 2. The van der Waals surface area contributed by atoms with E-state index in [0.29, 0.717) is 44.1 Å². The quantitative estimate of drug-likeness (QED) is 0.649. The molecule has 0 saturated carbocycles. The Morgan fingerprint density at radius 2 is 1.73 bits per heavy atom. The molecule has 3 aromatic rings. The van der Waals surface area contributed by atoms with Gasteiger partial charge in [-0.25, -0.2) is 9.78 Å². The van der Waals surface area contributed by atoms with Gasteiger partial charge in [0, 0.05) is 38.6 Å². The highest BCUT2D eigenvalue weighted by Gasteiger charge is 2.27. The fourth-order valence-electron chi connectivity index (χ4n) is 3.45. The van der Waals surface area contributed by atoms with Crippen LogP contribution in [0.15, 0.2) is 54.9 Å². The Balaban J connectivity index is 1.41. The number of para-hydroxylation sites is 1. The number of nitrogens with zero attached hydrogens (tertiary/aromatic N) is 4. The summed E-state index contributed by atoms with van der Waals surface area (Å²) in [6, 6.07) is 13.0. The molecule has 4 rings (SSSR count). The third-order valence-corrected chi connectivity index (χ3v) is 5.00. The smallest absolute Gasteiger partial charge is 0.409 e. The number of benzene rings is 1. The summed E-state index contributed by atoms with van der Waals surface area (Å²) >= 11 is 0. The van der Waals surface area contributed by atoms with Crippen molar-refractivity contribution in [2.24, 2.45) is 0 Å². The largest absolute Gasteiger partial charge is 0.486 e. The van der Waals surface area contributed by atoms with Crippen molar-refractivity contribution >= 4 is 17.6 Å². The lowest BCUT2D eigenvalue weighted by atomic mass is 10.1. The molecule has 0 N–H and O–H groups in total. The Morgan fingerprint density at radius 3 is 2.50 bits per heavy atom. The van der Waals surface area contributed by atoms with Crippen molar-refractivity contribution < 1.29 is 19.1 Å². The molecule has 0 spiro atoms. The van der Waals surface area contributed by atoms with Crippen LogP contribution in [0.1, 0.15) is 23.0 Å². The van der Waals surface area contributed by atoms with Crippen LogP contribution in [-0.2, 0) is 11.3 Å². The van der Waals surface area contributed by atoms with Crippen LogP contribution < -0.4 is 4.74 Å². The van der Waals surface area contributed by atoms with Crippen molar-refractivity contribution in [1.29, 1.82) is 0 Å².